The first-order valence-electron chi connectivity index (χ1n) is 4.23. The van der Waals surface area contributed by atoms with Crippen LogP contribution >= 0.6 is 23.2 Å². The van der Waals surface area contributed by atoms with Crippen LogP contribution in [-0.2, 0) is 16.0 Å². The number of carbonyl (C=O) groups excluding carboxylic acids is 1. The first-order valence-corrected chi connectivity index (χ1v) is 4.99. The third-order valence-electron chi connectivity index (χ3n) is 1.87. The molecular weight excluding hydrogens is 255 g/mol. The topological polar surface area (TPSA) is 63.6 Å². The number of carbonyl (C=O) groups is 2. The number of ether oxygens (including phenoxy) is 1. The van der Waals surface area contributed by atoms with Crippen molar-refractivity contribution in [2.75, 3.05) is 7.11 Å². The summed E-state index contributed by atoms with van der Waals surface area (Å²) in [5.41, 5.74) is 0.434. The third kappa shape index (κ3) is 2.87. The molecule has 0 aliphatic carbocycles. The summed E-state index contributed by atoms with van der Waals surface area (Å²) in [5, 5.41) is 8.92. The molecule has 1 rings (SSSR count). The standard InChI is InChI=1S/C10H8Cl2O4/c1-16-9-6(11)2-5(3-7(9)12)4-8(13)10(14)15/h2-3H,4H2,1H3,(H,14,15). The Hall–Kier alpha value is -1.26. The smallest absolute Gasteiger partial charge is 0.372 e. The number of ketones is 1. The van der Waals surface area contributed by atoms with E-state index in [2.05, 4.69) is 0 Å². The summed E-state index contributed by atoms with van der Waals surface area (Å²) >= 11 is 11.7. The molecule has 16 heavy (non-hydrogen) atoms. The molecule has 0 aromatic heterocycles. The number of hydrogen-bond acceptors (Lipinski definition) is 3. The highest BCUT2D eigenvalue weighted by Gasteiger charge is 2.15. The van der Waals surface area contributed by atoms with Crippen molar-refractivity contribution in [2.45, 2.75) is 6.42 Å². The lowest BCUT2D eigenvalue weighted by Gasteiger charge is -2.07. The predicted octanol–water partition coefficient (Wildman–Crippen LogP) is 2.20. The zero-order valence-electron chi connectivity index (χ0n) is 8.29. The maximum atomic E-state index is 11.0. The van der Waals surface area contributed by atoms with E-state index in [1.165, 1.54) is 19.2 Å². The van der Waals surface area contributed by atoms with Gasteiger partial charge in [-0.15, -0.1) is 0 Å². The Bertz CT molecular complexity index is 419. The zero-order chi connectivity index (χ0) is 12.3. The van der Waals surface area contributed by atoms with Crippen molar-refractivity contribution >= 4 is 35.0 Å². The molecule has 0 atom stereocenters. The molecular formula is C10H8Cl2O4. The van der Waals surface area contributed by atoms with Crippen LogP contribution in [-0.4, -0.2) is 24.0 Å². The normalized spacial score (nSPS) is 9.94. The summed E-state index contributed by atoms with van der Waals surface area (Å²) in [6.07, 6.45) is -0.251. The lowest BCUT2D eigenvalue weighted by atomic mass is 10.1. The van der Waals surface area contributed by atoms with Crippen LogP contribution in [0, 0.1) is 0 Å². The molecule has 6 heteroatoms. The van der Waals surface area contributed by atoms with E-state index >= 15 is 0 Å². The monoisotopic (exact) mass is 262 g/mol. The number of carboxylic acids is 1. The summed E-state index contributed by atoms with van der Waals surface area (Å²) < 4.78 is 4.92. The first-order chi connectivity index (χ1) is 7.45. The van der Waals surface area contributed by atoms with Gasteiger partial charge in [0.05, 0.1) is 17.2 Å². The lowest BCUT2D eigenvalue weighted by molar-refractivity contribution is -0.148. The number of hydrogen-bond donors (Lipinski definition) is 1. The van der Waals surface area contributed by atoms with Crippen molar-refractivity contribution in [1.82, 2.24) is 0 Å². The summed E-state index contributed by atoms with van der Waals surface area (Å²) in [4.78, 5) is 21.3. The number of benzene rings is 1. The summed E-state index contributed by atoms with van der Waals surface area (Å²) in [6.45, 7) is 0. The first kappa shape index (κ1) is 12.8. The van der Waals surface area contributed by atoms with E-state index in [1.807, 2.05) is 0 Å². The number of aliphatic carboxylic acids is 1. The van der Waals surface area contributed by atoms with Crippen molar-refractivity contribution in [3.8, 4) is 5.75 Å². The Morgan fingerprint density at radius 1 is 1.31 bits per heavy atom. The largest absolute Gasteiger partial charge is 0.494 e. The molecule has 0 saturated heterocycles. The minimum absolute atomic E-state index is 0.239. The Kier molecular flexibility index (Phi) is 4.15. The molecule has 0 heterocycles. The van der Waals surface area contributed by atoms with Crippen molar-refractivity contribution in [1.29, 1.82) is 0 Å². The highest BCUT2D eigenvalue weighted by atomic mass is 35.5. The second kappa shape index (κ2) is 5.18. The molecule has 0 saturated carbocycles. The van der Waals surface area contributed by atoms with Crippen LogP contribution < -0.4 is 4.74 Å². The molecule has 1 N–H and O–H groups in total. The average molecular weight is 263 g/mol. The molecule has 1 aromatic rings. The van der Waals surface area contributed by atoms with E-state index in [9.17, 15) is 9.59 Å². The van der Waals surface area contributed by atoms with Crippen LogP contribution in [0.5, 0.6) is 5.75 Å². The molecule has 4 nitrogen and oxygen atoms in total. The van der Waals surface area contributed by atoms with E-state index in [-0.39, 0.29) is 16.5 Å². The number of carboxylic acid groups (broad SMARTS) is 1. The van der Waals surface area contributed by atoms with Crippen LogP contribution in [0.1, 0.15) is 5.56 Å². The Morgan fingerprint density at radius 2 is 1.81 bits per heavy atom. The van der Waals surface area contributed by atoms with Crippen LogP contribution in [0.15, 0.2) is 12.1 Å². The van der Waals surface area contributed by atoms with Crippen LogP contribution in [0.25, 0.3) is 0 Å². The van der Waals surface area contributed by atoms with Gasteiger partial charge in [0.15, 0.2) is 5.75 Å². The number of Topliss-reactive ketones (excluding diaryl/α,β-unsaturated/α-hetero) is 1. The molecule has 0 aliphatic heterocycles. The molecule has 0 aliphatic rings. The average Bonchev–Trinajstić information content (AvgIpc) is 2.16. The number of halogens is 2. The Labute approximate surface area is 102 Å². The van der Waals surface area contributed by atoms with Gasteiger partial charge in [0.25, 0.3) is 0 Å². The predicted molar refractivity (Wildman–Crippen MR) is 59.4 cm³/mol. The molecule has 86 valence electrons. The van der Waals surface area contributed by atoms with Gasteiger partial charge >= 0.3 is 5.97 Å². The van der Waals surface area contributed by atoms with Gasteiger partial charge in [0.2, 0.25) is 5.78 Å². The molecule has 1 aromatic carbocycles. The molecule has 0 fully saturated rings. The highest BCUT2D eigenvalue weighted by molar-refractivity contribution is 6.37. The lowest BCUT2D eigenvalue weighted by Crippen LogP contribution is -2.15. The summed E-state index contributed by atoms with van der Waals surface area (Å²) in [7, 11) is 1.41. The maximum absolute atomic E-state index is 11.0. The number of methoxy groups -OCH3 is 1. The van der Waals surface area contributed by atoms with Gasteiger partial charge in [-0.05, 0) is 17.7 Å². The third-order valence-corrected chi connectivity index (χ3v) is 2.43. The van der Waals surface area contributed by atoms with Crippen LogP contribution in [0.3, 0.4) is 0 Å². The summed E-state index contributed by atoms with van der Waals surface area (Å²) in [6, 6.07) is 2.90. The minimum atomic E-state index is -1.48. The molecule has 0 unspecified atom stereocenters. The Morgan fingerprint density at radius 3 is 2.19 bits per heavy atom. The highest BCUT2D eigenvalue weighted by Crippen LogP contribution is 2.33. The molecule has 0 radical (unpaired) electrons. The van der Waals surface area contributed by atoms with Gasteiger partial charge in [-0.2, -0.15) is 0 Å². The molecule has 0 bridgehead atoms. The fraction of sp³-hybridized carbons (Fsp3) is 0.200. The van der Waals surface area contributed by atoms with E-state index in [0.717, 1.165) is 0 Å². The van der Waals surface area contributed by atoms with E-state index in [0.29, 0.717) is 11.3 Å². The molecule has 0 amide bonds. The number of rotatable bonds is 4. The van der Waals surface area contributed by atoms with Crippen molar-refractivity contribution < 1.29 is 19.4 Å². The zero-order valence-corrected chi connectivity index (χ0v) is 9.80. The van der Waals surface area contributed by atoms with Gasteiger partial charge in [-0.3, -0.25) is 4.79 Å². The SMILES string of the molecule is COc1c(Cl)cc(CC(=O)C(=O)O)cc1Cl. The second-order valence-electron chi connectivity index (χ2n) is 3.00. The van der Waals surface area contributed by atoms with Crippen molar-refractivity contribution in [2.24, 2.45) is 0 Å². The van der Waals surface area contributed by atoms with Gasteiger partial charge < -0.3 is 9.84 Å². The molecule has 0 spiro atoms. The minimum Gasteiger partial charge on any atom is -0.494 e. The van der Waals surface area contributed by atoms with Crippen molar-refractivity contribution in [3.63, 3.8) is 0 Å². The van der Waals surface area contributed by atoms with Crippen LogP contribution in [0.4, 0.5) is 0 Å². The fourth-order valence-electron chi connectivity index (χ4n) is 1.17. The van der Waals surface area contributed by atoms with Gasteiger partial charge in [-0.1, -0.05) is 23.2 Å². The second-order valence-corrected chi connectivity index (χ2v) is 3.81. The van der Waals surface area contributed by atoms with Crippen LogP contribution in [0.2, 0.25) is 10.0 Å². The van der Waals surface area contributed by atoms with E-state index < -0.39 is 11.8 Å². The van der Waals surface area contributed by atoms with Gasteiger partial charge in [0, 0.05) is 6.42 Å². The van der Waals surface area contributed by atoms with Gasteiger partial charge in [-0.25, -0.2) is 4.79 Å². The summed E-state index contributed by atoms with van der Waals surface area (Å²) in [5.74, 6) is -2.10. The van der Waals surface area contributed by atoms with Crippen molar-refractivity contribution in [3.05, 3.63) is 27.7 Å². The van der Waals surface area contributed by atoms with Gasteiger partial charge in [0.1, 0.15) is 0 Å². The Balaban J connectivity index is 3.00. The fourth-order valence-corrected chi connectivity index (χ4v) is 1.86. The quantitative estimate of drug-likeness (QED) is 0.846. The maximum Gasteiger partial charge on any atom is 0.372 e. The van der Waals surface area contributed by atoms with E-state index in [4.69, 9.17) is 33.0 Å². The van der Waals surface area contributed by atoms with E-state index in [1.54, 1.807) is 0 Å².